The van der Waals surface area contributed by atoms with Gasteiger partial charge in [-0.3, -0.25) is 25.2 Å². The Hall–Kier alpha value is -3.29. The van der Waals surface area contributed by atoms with Crippen LogP contribution in [0.5, 0.6) is 0 Å². The molecule has 0 spiro atoms. The number of hydrogen-bond donors (Lipinski definition) is 0. The molecule has 3 rings (SSSR count). The van der Waals surface area contributed by atoms with Crippen LogP contribution < -0.4 is 4.90 Å². The zero-order valence-corrected chi connectivity index (χ0v) is 12.7. The minimum absolute atomic E-state index is 0.00704. The van der Waals surface area contributed by atoms with Crippen molar-refractivity contribution < 1.29 is 9.85 Å². The number of benzene rings is 2. The molecule has 24 heavy (non-hydrogen) atoms. The van der Waals surface area contributed by atoms with E-state index in [9.17, 15) is 20.2 Å². The standard InChI is InChI=1S/C16H14N4O4/c21-19(22)13-8-6-12(7-9-13)16-17-10-3-11-18(16)14-4-1-2-5-15(14)20(23)24/h1-2,4-9H,3,10-11H2. The maximum atomic E-state index is 11.3. The van der Waals surface area contributed by atoms with Crippen molar-refractivity contribution in [3.8, 4) is 0 Å². The molecule has 0 aliphatic carbocycles. The molecule has 0 unspecified atom stereocenters. The molecular weight excluding hydrogens is 312 g/mol. The average Bonchev–Trinajstić information content (AvgIpc) is 2.62. The Bertz CT molecular complexity index is 817. The third kappa shape index (κ3) is 2.94. The molecule has 2 aromatic rings. The predicted octanol–water partition coefficient (Wildman–Crippen LogP) is 3.16. The summed E-state index contributed by atoms with van der Waals surface area (Å²) < 4.78 is 0. The van der Waals surface area contributed by atoms with Gasteiger partial charge in [0.1, 0.15) is 11.5 Å². The van der Waals surface area contributed by atoms with E-state index in [1.54, 1.807) is 35.2 Å². The van der Waals surface area contributed by atoms with Crippen molar-refractivity contribution in [1.29, 1.82) is 0 Å². The van der Waals surface area contributed by atoms with E-state index in [1.807, 2.05) is 0 Å². The van der Waals surface area contributed by atoms with Crippen LogP contribution in [-0.2, 0) is 0 Å². The van der Waals surface area contributed by atoms with Gasteiger partial charge in [0.25, 0.3) is 11.4 Å². The summed E-state index contributed by atoms with van der Waals surface area (Å²) in [5.74, 6) is 0.588. The lowest BCUT2D eigenvalue weighted by molar-refractivity contribution is -0.384. The highest BCUT2D eigenvalue weighted by Crippen LogP contribution is 2.30. The fourth-order valence-corrected chi connectivity index (χ4v) is 2.67. The average molecular weight is 326 g/mol. The summed E-state index contributed by atoms with van der Waals surface area (Å²) in [6.07, 6.45) is 0.780. The van der Waals surface area contributed by atoms with E-state index in [-0.39, 0.29) is 11.4 Å². The van der Waals surface area contributed by atoms with E-state index < -0.39 is 9.85 Å². The Labute approximate surface area is 137 Å². The van der Waals surface area contributed by atoms with Crippen LogP contribution in [0.2, 0.25) is 0 Å². The lowest BCUT2D eigenvalue weighted by atomic mass is 10.1. The molecule has 0 amide bonds. The molecule has 0 N–H and O–H groups in total. The van der Waals surface area contributed by atoms with E-state index >= 15 is 0 Å². The number of nitro benzene ring substituents is 2. The third-order valence-corrected chi connectivity index (χ3v) is 3.76. The van der Waals surface area contributed by atoms with Crippen LogP contribution in [0.4, 0.5) is 17.1 Å². The van der Waals surface area contributed by atoms with Crippen molar-refractivity contribution >= 4 is 22.9 Å². The second kappa shape index (κ2) is 6.45. The number of aliphatic imine (C=N–C) groups is 1. The maximum Gasteiger partial charge on any atom is 0.292 e. The molecule has 0 saturated carbocycles. The molecule has 1 aliphatic rings. The highest BCUT2D eigenvalue weighted by atomic mass is 16.6. The zero-order chi connectivity index (χ0) is 17.1. The number of non-ortho nitro benzene ring substituents is 1. The van der Waals surface area contributed by atoms with Gasteiger partial charge in [0.2, 0.25) is 0 Å². The fourth-order valence-electron chi connectivity index (χ4n) is 2.67. The zero-order valence-electron chi connectivity index (χ0n) is 12.7. The van der Waals surface area contributed by atoms with Gasteiger partial charge in [-0.1, -0.05) is 12.1 Å². The first kappa shape index (κ1) is 15.6. The van der Waals surface area contributed by atoms with Crippen molar-refractivity contribution in [2.24, 2.45) is 4.99 Å². The predicted molar refractivity (Wildman–Crippen MR) is 89.6 cm³/mol. The molecule has 1 heterocycles. The molecule has 0 atom stereocenters. The molecule has 2 aromatic carbocycles. The Morgan fingerprint density at radius 2 is 1.67 bits per heavy atom. The van der Waals surface area contributed by atoms with Gasteiger partial charge >= 0.3 is 0 Å². The lowest BCUT2D eigenvalue weighted by Gasteiger charge is -2.29. The van der Waals surface area contributed by atoms with Crippen LogP contribution >= 0.6 is 0 Å². The van der Waals surface area contributed by atoms with E-state index in [2.05, 4.69) is 4.99 Å². The fraction of sp³-hybridized carbons (Fsp3) is 0.188. The third-order valence-electron chi connectivity index (χ3n) is 3.76. The molecule has 0 saturated heterocycles. The molecule has 0 aromatic heterocycles. The molecular formula is C16H14N4O4. The van der Waals surface area contributed by atoms with E-state index in [1.165, 1.54) is 18.2 Å². The van der Waals surface area contributed by atoms with Gasteiger partial charge in [0.05, 0.1) is 9.85 Å². The van der Waals surface area contributed by atoms with Crippen LogP contribution in [0.15, 0.2) is 53.5 Å². The maximum absolute atomic E-state index is 11.3. The minimum Gasteiger partial charge on any atom is -0.320 e. The quantitative estimate of drug-likeness (QED) is 0.634. The van der Waals surface area contributed by atoms with Gasteiger partial charge in [-0.2, -0.15) is 0 Å². The Morgan fingerprint density at radius 3 is 2.33 bits per heavy atom. The SMILES string of the molecule is O=[N+]([O-])c1ccc(C2=NCCCN2c2ccccc2[N+](=O)[O-])cc1. The van der Waals surface area contributed by atoms with Crippen LogP contribution in [0, 0.1) is 20.2 Å². The van der Waals surface area contributed by atoms with Crippen LogP contribution in [-0.4, -0.2) is 28.8 Å². The highest BCUT2D eigenvalue weighted by molar-refractivity contribution is 6.11. The monoisotopic (exact) mass is 326 g/mol. The minimum atomic E-state index is -0.466. The smallest absolute Gasteiger partial charge is 0.292 e. The summed E-state index contributed by atoms with van der Waals surface area (Å²) in [4.78, 5) is 27.5. The van der Waals surface area contributed by atoms with Gasteiger partial charge in [-0.15, -0.1) is 0 Å². The van der Waals surface area contributed by atoms with E-state index in [4.69, 9.17) is 0 Å². The Balaban J connectivity index is 2.02. The van der Waals surface area contributed by atoms with E-state index in [0.29, 0.717) is 30.2 Å². The van der Waals surface area contributed by atoms with E-state index in [0.717, 1.165) is 6.42 Å². The first-order chi connectivity index (χ1) is 11.6. The summed E-state index contributed by atoms with van der Waals surface area (Å²) in [5, 5.41) is 22.1. The second-order valence-electron chi connectivity index (χ2n) is 5.26. The van der Waals surface area contributed by atoms with Crippen molar-refractivity contribution in [3.05, 3.63) is 74.3 Å². The highest BCUT2D eigenvalue weighted by Gasteiger charge is 2.25. The van der Waals surface area contributed by atoms with Gasteiger partial charge in [-0.25, -0.2) is 0 Å². The Kier molecular flexibility index (Phi) is 4.19. The largest absolute Gasteiger partial charge is 0.320 e. The normalized spacial score (nSPS) is 14.2. The molecule has 122 valence electrons. The van der Waals surface area contributed by atoms with Gasteiger partial charge in [-0.05, 0) is 24.6 Å². The first-order valence-corrected chi connectivity index (χ1v) is 7.38. The van der Waals surface area contributed by atoms with Gasteiger partial charge in [0, 0.05) is 36.9 Å². The summed E-state index contributed by atoms with van der Waals surface area (Å²) in [5.41, 5.74) is 1.17. The molecule has 0 fully saturated rings. The van der Waals surface area contributed by atoms with Crippen LogP contribution in [0.25, 0.3) is 0 Å². The number of rotatable bonds is 4. The molecule has 0 bridgehead atoms. The summed E-state index contributed by atoms with van der Waals surface area (Å²) in [7, 11) is 0. The lowest BCUT2D eigenvalue weighted by Crippen LogP contribution is -2.36. The van der Waals surface area contributed by atoms with Gasteiger partial charge in [0.15, 0.2) is 0 Å². The number of anilines is 1. The van der Waals surface area contributed by atoms with Crippen molar-refractivity contribution in [2.75, 3.05) is 18.0 Å². The molecule has 8 nitrogen and oxygen atoms in total. The first-order valence-electron chi connectivity index (χ1n) is 7.38. The van der Waals surface area contributed by atoms with Crippen molar-refractivity contribution in [1.82, 2.24) is 0 Å². The summed E-state index contributed by atoms with van der Waals surface area (Å²) in [6.45, 7) is 1.21. The summed E-state index contributed by atoms with van der Waals surface area (Å²) in [6, 6.07) is 12.5. The topological polar surface area (TPSA) is 102 Å². The van der Waals surface area contributed by atoms with Crippen LogP contribution in [0.1, 0.15) is 12.0 Å². The Morgan fingerprint density at radius 1 is 0.958 bits per heavy atom. The molecule has 8 heteroatoms. The van der Waals surface area contributed by atoms with Crippen molar-refractivity contribution in [2.45, 2.75) is 6.42 Å². The van der Waals surface area contributed by atoms with Crippen molar-refractivity contribution in [3.63, 3.8) is 0 Å². The number of hydrogen-bond acceptors (Lipinski definition) is 6. The number of para-hydroxylation sites is 2. The summed E-state index contributed by atoms with van der Waals surface area (Å²) >= 11 is 0. The molecule has 1 aliphatic heterocycles. The van der Waals surface area contributed by atoms with Gasteiger partial charge < -0.3 is 4.90 Å². The number of amidine groups is 1. The molecule has 0 radical (unpaired) electrons. The van der Waals surface area contributed by atoms with Crippen LogP contribution in [0.3, 0.4) is 0 Å². The second-order valence-corrected chi connectivity index (χ2v) is 5.26. The number of nitro groups is 2. The number of nitrogens with zero attached hydrogens (tertiary/aromatic N) is 4.